The number of fused-ring (bicyclic) bond motifs is 1. The van der Waals surface area contributed by atoms with Gasteiger partial charge in [0.1, 0.15) is 5.82 Å². The van der Waals surface area contributed by atoms with Gasteiger partial charge >= 0.3 is 0 Å². The summed E-state index contributed by atoms with van der Waals surface area (Å²) in [5.74, 6) is 0.384. The highest BCUT2D eigenvalue weighted by Crippen LogP contribution is 2.22. The van der Waals surface area contributed by atoms with Crippen LogP contribution in [-0.2, 0) is 7.05 Å². The Bertz CT molecular complexity index is 1170. The maximum atomic E-state index is 12.8. The number of H-pyrrole nitrogens is 1. The Kier molecular flexibility index (Phi) is 5.11. The lowest BCUT2D eigenvalue weighted by Crippen LogP contribution is -2.47. The molecule has 0 saturated carbocycles. The zero-order chi connectivity index (χ0) is 20.4. The topological polar surface area (TPSA) is 113 Å². The molecule has 0 aliphatic carbocycles. The molecule has 3 heterocycles. The number of aryl methyl sites for hydroxylation is 1. The molecule has 1 aromatic carbocycles. The first kappa shape index (κ1) is 18.9. The Labute approximate surface area is 166 Å². The van der Waals surface area contributed by atoms with Crippen molar-refractivity contribution in [2.45, 2.75) is 25.3 Å². The van der Waals surface area contributed by atoms with Crippen molar-refractivity contribution in [1.82, 2.24) is 25.3 Å². The predicted molar refractivity (Wildman–Crippen MR) is 109 cm³/mol. The molecule has 1 aliphatic heterocycles. The number of aromatic nitrogens is 4. The Morgan fingerprint density at radius 3 is 2.76 bits per heavy atom. The number of piperidine rings is 1. The number of carbonyl (C=O) groups is 1. The third kappa shape index (κ3) is 3.75. The van der Waals surface area contributed by atoms with Gasteiger partial charge in [0.05, 0.1) is 5.39 Å². The van der Waals surface area contributed by atoms with E-state index in [-0.39, 0.29) is 28.8 Å². The third-order valence-corrected chi connectivity index (χ3v) is 5.28. The van der Waals surface area contributed by atoms with Crippen LogP contribution >= 0.6 is 0 Å². The van der Waals surface area contributed by atoms with Crippen LogP contribution in [0.5, 0.6) is 0 Å². The second kappa shape index (κ2) is 7.86. The molecule has 1 atom stereocenters. The molecule has 0 bridgehead atoms. The number of nitrogens with one attached hydrogen (secondary N) is 2. The fourth-order valence-electron chi connectivity index (χ4n) is 3.74. The van der Waals surface area contributed by atoms with Crippen molar-refractivity contribution >= 4 is 22.5 Å². The molecule has 1 saturated heterocycles. The van der Waals surface area contributed by atoms with Crippen molar-refractivity contribution < 1.29 is 4.79 Å². The molecule has 2 aromatic heterocycles. The third-order valence-electron chi connectivity index (χ3n) is 5.28. The van der Waals surface area contributed by atoms with E-state index in [0.717, 1.165) is 31.6 Å². The van der Waals surface area contributed by atoms with Crippen LogP contribution in [0.4, 0.5) is 5.82 Å². The van der Waals surface area contributed by atoms with Gasteiger partial charge in [-0.1, -0.05) is 18.2 Å². The monoisotopic (exact) mass is 394 g/mol. The molecular formula is C20H22N6O3. The zero-order valence-corrected chi connectivity index (χ0v) is 16.1. The second-order valence-electron chi connectivity index (χ2n) is 7.15. The normalized spacial score (nSPS) is 16.7. The van der Waals surface area contributed by atoms with E-state index in [4.69, 9.17) is 0 Å². The molecule has 3 aromatic rings. The minimum absolute atomic E-state index is 0.0618. The Morgan fingerprint density at radius 1 is 1.17 bits per heavy atom. The van der Waals surface area contributed by atoms with E-state index in [1.165, 1.54) is 10.7 Å². The highest BCUT2D eigenvalue weighted by atomic mass is 16.2. The first-order valence-electron chi connectivity index (χ1n) is 9.61. The van der Waals surface area contributed by atoms with Crippen molar-refractivity contribution in [3.63, 3.8) is 0 Å². The maximum absolute atomic E-state index is 12.8. The maximum Gasteiger partial charge on any atom is 0.272 e. The van der Waals surface area contributed by atoms with Crippen molar-refractivity contribution in [3.05, 3.63) is 62.8 Å². The van der Waals surface area contributed by atoms with Crippen LogP contribution < -0.4 is 21.3 Å². The molecule has 9 heteroatoms. The summed E-state index contributed by atoms with van der Waals surface area (Å²) >= 11 is 0. The number of nitrogens with zero attached hydrogens (tertiary/aromatic N) is 4. The largest absolute Gasteiger partial charge is 0.350 e. The lowest BCUT2D eigenvalue weighted by atomic mass is 10.0. The molecule has 1 unspecified atom stereocenters. The summed E-state index contributed by atoms with van der Waals surface area (Å²) < 4.78 is 1.32. The summed E-state index contributed by atoms with van der Waals surface area (Å²) in [5, 5.41) is 14.6. The number of aromatic amines is 1. The standard InChI is InChI=1S/C20H22N6O3/c1-25-17(27)10-9-16(24-25)26-11-5-4-6-13(26)12-21-20(29)18-14-7-2-3-8-15(14)19(28)23-22-18/h2-3,7-10,13H,4-6,11-12H2,1H3,(H,21,29)(H,23,28). The van der Waals surface area contributed by atoms with E-state index >= 15 is 0 Å². The highest BCUT2D eigenvalue weighted by Gasteiger charge is 2.25. The van der Waals surface area contributed by atoms with Crippen LogP contribution in [-0.4, -0.2) is 45.0 Å². The quantitative estimate of drug-likeness (QED) is 0.677. The van der Waals surface area contributed by atoms with Gasteiger partial charge in [-0.3, -0.25) is 14.4 Å². The molecule has 150 valence electrons. The van der Waals surface area contributed by atoms with Gasteiger partial charge in [-0.05, 0) is 31.4 Å². The van der Waals surface area contributed by atoms with Crippen LogP contribution in [0.1, 0.15) is 29.8 Å². The average Bonchev–Trinajstić information content (AvgIpc) is 2.75. The van der Waals surface area contributed by atoms with E-state index in [9.17, 15) is 14.4 Å². The number of anilines is 1. The number of hydrogen-bond donors (Lipinski definition) is 2. The molecule has 9 nitrogen and oxygen atoms in total. The summed E-state index contributed by atoms with van der Waals surface area (Å²) in [6, 6.07) is 10.2. The van der Waals surface area contributed by atoms with E-state index in [1.54, 1.807) is 37.4 Å². The first-order valence-corrected chi connectivity index (χ1v) is 9.61. The molecule has 1 amide bonds. The van der Waals surface area contributed by atoms with Gasteiger partial charge in [0.15, 0.2) is 5.69 Å². The number of carbonyl (C=O) groups excluding carboxylic acids is 1. The van der Waals surface area contributed by atoms with Gasteiger partial charge in [-0.25, -0.2) is 9.78 Å². The molecule has 2 N–H and O–H groups in total. The van der Waals surface area contributed by atoms with Gasteiger partial charge in [-0.2, -0.15) is 10.2 Å². The Hall–Kier alpha value is -3.49. The van der Waals surface area contributed by atoms with Crippen molar-refractivity contribution in [2.24, 2.45) is 7.05 Å². The van der Waals surface area contributed by atoms with Crippen molar-refractivity contribution in [2.75, 3.05) is 18.0 Å². The lowest BCUT2D eigenvalue weighted by molar-refractivity contribution is 0.0945. The number of hydrogen-bond acceptors (Lipinski definition) is 6. The van der Waals surface area contributed by atoms with E-state index in [2.05, 4.69) is 25.5 Å². The summed E-state index contributed by atoms with van der Waals surface area (Å²) in [7, 11) is 1.62. The molecule has 29 heavy (non-hydrogen) atoms. The fraction of sp³-hybridized carbons (Fsp3) is 0.350. The number of benzene rings is 1. The summed E-state index contributed by atoms with van der Waals surface area (Å²) in [5.41, 5.74) is -0.286. The molecule has 1 fully saturated rings. The SMILES string of the molecule is Cn1nc(N2CCCCC2CNC(=O)c2n[nH]c(=O)c3ccccc23)ccc1=O. The van der Waals surface area contributed by atoms with Gasteiger partial charge in [0.2, 0.25) is 0 Å². The van der Waals surface area contributed by atoms with Crippen LogP contribution in [0.25, 0.3) is 10.8 Å². The van der Waals surface area contributed by atoms with E-state index in [1.807, 2.05) is 0 Å². The molecule has 1 aliphatic rings. The molecule has 4 rings (SSSR count). The Balaban J connectivity index is 1.53. The van der Waals surface area contributed by atoms with Crippen LogP contribution in [0, 0.1) is 0 Å². The molecule has 0 spiro atoms. The van der Waals surface area contributed by atoms with Gasteiger partial charge < -0.3 is 10.2 Å². The van der Waals surface area contributed by atoms with Crippen LogP contribution in [0.2, 0.25) is 0 Å². The van der Waals surface area contributed by atoms with E-state index < -0.39 is 0 Å². The summed E-state index contributed by atoms with van der Waals surface area (Å²) in [6.45, 7) is 1.23. The zero-order valence-electron chi connectivity index (χ0n) is 16.1. The minimum Gasteiger partial charge on any atom is -0.350 e. The Morgan fingerprint density at radius 2 is 1.97 bits per heavy atom. The second-order valence-corrected chi connectivity index (χ2v) is 7.15. The summed E-state index contributed by atoms with van der Waals surface area (Å²) in [6.07, 6.45) is 2.99. The van der Waals surface area contributed by atoms with Gasteiger partial charge in [0, 0.05) is 37.6 Å². The van der Waals surface area contributed by atoms with Crippen molar-refractivity contribution in [1.29, 1.82) is 0 Å². The average molecular weight is 394 g/mol. The van der Waals surface area contributed by atoms with Crippen molar-refractivity contribution in [3.8, 4) is 0 Å². The highest BCUT2D eigenvalue weighted by molar-refractivity contribution is 6.04. The minimum atomic E-state index is -0.337. The fourth-order valence-corrected chi connectivity index (χ4v) is 3.74. The smallest absolute Gasteiger partial charge is 0.272 e. The predicted octanol–water partition coefficient (Wildman–Crippen LogP) is 0.806. The number of amides is 1. The van der Waals surface area contributed by atoms with Crippen LogP contribution in [0.15, 0.2) is 46.0 Å². The number of rotatable bonds is 4. The van der Waals surface area contributed by atoms with E-state index in [0.29, 0.717) is 17.3 Å². The lowest BCUT2D eigenvalue weighted by Gasteiger charge is -2.36. The van der Waals surface area contributed by atoms with Gasteiger partial charge in [-0.15, -0.1) is 0 Å². The summed E-state index contributed by atoms with van der Waals surface area (Å²) in [4.78, 5) is 38.5. The molecular weight excluding hydrogens is 372 g/mol. The first-order chi connectivity index (χ1) is 14.0. The molecule has 0 radical (unpaired) electrons. The van der Waals surface area contributed by atoms with Gasteiger partial charge in [0.25, 0.3) is 17.0 Å². The van der Waals surface area contributed by atoms with Crippen LogP contribution in [0.3, 0.4) is 0 Å².